The molecule has 2 aromatic carbocycles. The van der Waals surface area contributed by atoms with Gasteiger partial charge in [0.05, 0.1) is 5.75 Å². The van der Waals surface area contributed by atoms with Gasteiger partial charge in [-0.1, -0.05) is 19.1 Å². The van der Waals surface area contributed by atoms with Crippen molar-refractivity contribution >= 4 is 27.4 Å². The molecule has 28 heavy (non-hydrogen) atoms. The number of hydrogen-bond donors (Lipinski definition) is 2. The Balaban J connectivity index is 1.69. The second-order valence-electron chi connectivity index (χ2n) is 7.26. The molecule has 1 heterocycles. The summed E-state index contributed by atoms with van der Waals surface area (Å²) in [6.45, 7) is 6.75. The van der Waals surface area contributed by atoms with Gasteiger partial charge in [0.2, 0.25) is 10.0 Å². The van der Waals surface area contributed by atoms with E-state index in [1.165, 1.54) is 9.87 Å². The first kappa shape index (κ1) is 20.4. The topological polar surface area (TPSA) is 78.5 Å². The fourth-order valence-electron chi connectivity index (χ4n) is 3.35. The van der Waals surface area contributed by atoms with E-state index in [1.54, 1.807) is 0 Å². The van der Waals surface area contributed by atoms with Crippen LogP contribution in [0.2, 0.25) is 0 Å². The predicted molar refractivity (Wildman–Crippen MR) is 113 cm³/mol. The van der Waals surface area contributed by atoms with Crippen LogP contribution >= 0.6 is 0 Å². The molecule has 6 nitrogen and oxygen atoms in total. The predicted octanol–water partition coefficient (Wildman–Crippen LogP) is 4.05. The first-order chi connectivity index (χ1) is 13.3. The fraction of sp³-hybridized carbons (Fsp3) is 0.381. The van der Waals surface area contributed by atoms with Crippen molar-refractivity contribution < 1.29 is 13.2 Å². The highest BCUT2D eigenvalue weighted by Crippen LogP contribution is 2.25. The van der Waals surface area contributed by atoms with Crippen molar-refractivity contribution in [2.24, 2.45) is 0 Å². The van der Waals surface area contributed by atoms with Crippen molar-refractivity contribution in [3.8, 4) is 0 Å². The first-order valence-electron chi connectivity index (χ1n) is 9.53. The standard InChI is InChI=1S/C21H27N3O3S/c1-4-11-28(26,27)24-10-9-17-6-8-20(13-18(17)14-24)23-21(25)22-19-7-5-15(2)16(3)12-19/h5-8,12-13H,4,9-11,14H2,1-3H3,(H2,22,23,25). The Kier molecular flexibility index (Phi) is 6.05. The van der Waals surface area contributed by atoms with Crippen LogP contribution in [0, 0.1) is 13.8 Å². The van der Waals surface area contributed by atoms with E-state index >= 15 is 0 Å². The highest BCUT2D eigenvalue weighted by molar-refractivity contribution is 7.89. The van der Waals surface area contributed by atoms with E-state index in [1.807, 2.05) is 57.2 Å². The molecule has 1 aliphatic heterocycles. The van der Waals surface area contributed by atoms with Crippen LogP contribution in [0.25, 0.3) is 0 Å². The molecule has 0 unspecified atom stereocenters. The van der Waals surface area contributed by atoms with Gasteiger partial charge >= 0.3 is 6.03 Å². The first-order valence-corrected chi connectivity index (χ1v) is 11.1. The Morgan fingerprint density at radius 3 is 2.36 bits per heavy atom. The Morgan fingerprint density at radius 2 is 1.68 bits per heavy atom. The molecule has 150 valence electrons. The second kappa shape index (κ2) is 8.32. The second-order valence-corrected chi connectivity index (χ2v) is 9.35. The number of fused-ring (bicyclic) bond motifs is 1. The lowest BCUT2D eigenvalue weighted by atomic mass is 10.0. The van der Waals surface area contributed by atoms with Crippen LogP contribution in [-0.2, 0) is 23.0 Å². The summed E-state index contributed by atoms with van der Waals surface area (Å²) in [5.41, 5.74) is 5.73. The van der Waals surface area contributed by atoms with Gasteiger partial charge in [-0.3, -0.25) is 0 Å². The molecule has 0 saturated heterocycles. The third-order valence-corrected chi connectivity index (χ3v) is 7.08. The van der Waals surface area contributed by atoms with Gasteiger partial charge in [0.15, 0.2) is 0 Å². The normalized spacial score (nSPS) is 14.4. The van der Waals surface area contributed by atoms with Crippen molar-refractivity contribution in [2.75, 3.05) is 22.9 Å². The van der Waals surface area contributed by atoms with Crippen LogP contribution in [0.1, 0.15) is 35.6 Å². The molecule has 0 spiro atoms. The van der Waals surface area contributed by atoms with E-state index < -0.39 is 10.0 Å². The number of nitrogens with one attached hydrogen (secondary N) is 2. The molecule has 0 aliphatic carbocycles. The Hall–Kier alpha value is -2.38. The van der Waals surface area contributed by atoms with Crippen LogP contribution in [0.4, 0.5) is 16.2 Å². The van der Waals surface area contributed by atoms with Gasteiger partial charge in [-0.05, 0) is 73.2 Å². The van der Waals surface area contributed by atoms with Crippen LogP contribution in [0.5, 0.6) is 0 Å². The van der Waals surface area contributed by atoms with Crippen LogP contribution in [0.15, 0.2) is 36.4 Å². The Labute approximate surface area is 167 Å². The van der Waals surface area contributed by atoms with Gasteiger partial charge < -0.3 is 10.6 Å². The van der Waals surface area contributed by atoms with Gasteiger partial charge in [0.1, 0.15) is 0 Å². The Morgan fingerprint density at radius 1 is 1.00 bits per heavy atom. The molecule has 2 amide bonds. The molecular formula is C21H27N3O3S. The minimum absolute atomic E-state index is 0.165. The average Bonchev–Trinajstić information content (AvgIpc) is 2.64. The lowest BCUT2D eigenvalue weighted by Crippen LogP contribution is -2.37. The number of amides is 2. The van der Waals surface area contributed by atoms with Gasteiger partial charge in [0, 0.05) is 24.5 Å². The highest BCUT2D eigenvalue weighted by Gasteiger charge is 2.26. The number of anilines is 2. The smallest absolute Gasteiger partial charge is 0.308 e. The number of rotatable bonds is 5. The van der Waals surface area contributed by atoms with Crippen molar-refractivity contribution in [1.82, 2.24) is 4.31 Å². The maximum Gasteiger partial charge on any atom is 0.323 e. The molecule has 0 bridgehead atoms. The third kappa shape index (κ3) is 4.72. The maximum absolute atomic E-state index is 12.4. The van der Waals surface area contributed by atoms with Gasteiger partial charge in [-0.25, -0.2) is 13.2 Å². The zero-order valence-corrected chi connectivity index (χ0v) is 17.4. The SMILES string of the molecule is CCCS(=O)(=O)N1CCc2ccc(NC(=O)Nc3ccc(C)c(C)c3)cc2C1. The summed E-state index contributed by atoms with van der Waals surface area (Å²) in [5, 5.41) is 5.67. The van der Waals surface area contributed by atoms with E-state index in [0.717, 1.165) is 22.4 Å². The number of carbonyl (C=O) groups excluding carboxylic acids is 1. The molecule has 0 saturated carbocycles. The monoisotopic (exact) mass is 401 g/mol. The number of carbonyl (C=O) groups is 1. The zero-order valence-electron chi connectivity index (χ0n) is 16.6. The third-order valence-electron chi connectivity index (χ3n) is 5.06. The van der Waals surface area contributed by atoms with Crippen molar-refractivity contribution in [1.29, 1.82) is 0 Å². The number of aryl methyl sites for hydroxylation is 2. The lowest BCUT2D eigenvalue weighted by molar-refractivity contribution is 0.262. The molecule has 2 aromatic rings. The molecule has 0 aromatic heterocycles. The summed E-state index contributed by atoms with van der Waals surface area (Å²) < 4.78 is 26.3. The molecule has 0 fully saturated rings. The van der Waals surface area contributed by atoms with Crippen molar-refractivity contribution in [3.63, 3.8) is 0 Å². The van der Waals surface area contributed by atoms with Crippen LogP contribution in [0.3, 0.4) is 0 Å². The molecule has 3 rings (SSSR count). The number of nitrogens with zero attached hydrogens (tertiary/aromatic N) is 1. The number of sulfonamides is 1. The summed E-state index contributed by atoms with van der Waals surface area (Å²) >= 11 is 0. The molecule has 7 heteroatoms. The van der Waals surface area contributed by atoms with Crippen molar-refractivity contribution in [3.05, 3.63) is 58.7 Å². The van der Waals surface area contributed by atoms with Gasteiger partial charge in [-0.2, -0.15) is 4.31 Å². The van der Waals surface area contributed by atoms with E-state index in [9.17, 15) is 13.2 Å². The summed E-state index contributed by atoms with van der Waals surface area (Å²) in [4.78, 5) is 12.3. The molecule has 2 N–H and O–H groups in total. The maximum atomic E-state index is 12.4. The lowest BCUT2D eigenvalue weighted by Gasteiger charge is -2.28. The highest BCUT2D eigenvalue weighted by atomic mass is 32.2. The summed E-state index contributed by atoms with van der Waals surface area (Å²) in [7, 11) is -3.23. The zero-order chi connectivity index (χ0) is 20.3. The van der Waals surface area contributed by atoms with Crippen LogP contribution < -0.4 is 10.6 Å². The van der Waals surface area contributed by atoms with Crippen molar-refractivity contribution in [2.45, 2.75) is 40.2 Å². The fourth-order valence-corrected chi connectivity index (χ4v) is 4.83. The Bertz CT molecular complexity index is 986. The number of benzene rings is 2. The quantitative estimate of drug-likeness (QED) is 0.793. The van der Waals surface area contributed by atoms with Gasteiger partial charge in [0.25, 0.3) is 0 Å². The molecule has 1 aliphatic rings. The average molecular weight is 402 g/mol. The van der Waals surface area contributed by atoms with E-state index in [4.69, 9.17) is 0 Å². The minimum atomic E-state index is -3.23. The van der Waals surface area contributed by atoms with E-state index in [-0.39, 0.29) is 11.8 Å². The summed E-state index contributed by atoms with van der Waals surface area (Å²) in [5.74, 6) is 0.165. The molecule has 0 radical (unpaired) electrons. The van der Waals surface area contributed by atoms with E-state index in [2.05, 4.69) is 10.6 Å². The minimum Gasteiger partial charge on any atom is -0.308 e. The largest absolute Gasteiger partial charge is 0.323 e. The van der Waals surface area contributed by atoms with Gasteiger partial charge in [-0.15, -0.1) is 0 Å². The number of hydrogen-bond acceptors (Lipinski definition) is 3. The molecular weight excluding hydrogens is 374 g/mol. The number of urea groups is 1. The van der Waals surface area contributed by atoms with E-state index in [0.29, 0.717) is 31.6 Å². The molecule has 0 atom stereocenters. The van der Waals surface area contributed by atoms with Crippen LogP contribution in [-0.4, -0.2) is 31.1 Å². The summed E-state index contributed by atoms with van der Waals surface area (Å²) in [6.07, 6.45) is 1.29. The summed E-state index contributed by atoms with van der Waals surface area (Å²) in [6, 6.07) is 11.1.